The molecule has 0 aromatic carbocycles. The van der Waals surface area contributed by atoms with Crippen molar-refractivity contribution in [1.29, 1.82) is 0 Å². The topological polar surface area (TPSA) is 37.3 Å². The van der Waals surface area contributed by atoms with Gasteiger partial charge in [0.05, 0.1) is 32.3 Å². The van der Waals surface area contributed by atoms with Crippen molar-refractivity contribution in [3.8, 4) is 0 Å². The van der Waals surface area contributed by atoms with Crippen molar-refractivity contribution in [3.63, 3.8) is 0 Å². The fourth-order valence-corrected chi connectivity index (χ4v) is 5.73. The van der Waals surface area contributed by atoms with Gasteiger partial charge in [-0.1, -0.05) is 70.4 Å². The third-order valence-corrected chi connectivity index (χ3v) is 9.51. The Hall–Kier alpha value is 0.950. The number of aliphatic carboxylic acids is 1. The second-order valence-electron chi connectivity index (χ2n) is 8.39. The average Bonchev–Trinajstić information content (AvgIpc) is 2.78. The minimum absolute atomic E-state index is 0.332. The van der Waals surface area contributed by atoms with E-state index in [0.717, 1.165) is 12.8 Å². The predicted molar refractivity (Wildman–Crippen MR) is 145 cm³/mol. The number of unbranched alkanes of at least 4 members (excludes halogenated alkanes) is 11. The van der Waals surface area contributed by atoms with Gasteiger partial charge in [0.25, 0.3) is 0 Å². The highest BCUT2D eigenvalue weighted by atomic mass is 35.5. The van der Waals surface area contributed by atoms with E-state index in [-0.39, 0.29) is 0 Å². The lowest BCUT2D eigenvalue weighted by atomic mass is 9.97. The summed E-state index contributed by atoms with van der Waals surface area (Å²) in [6.07, 6.45) is 21.2. The van der Waals surface area contributed by atoms with E-state index in [1.165, 1.54) is 70.6 Å². The second kappa shape index (κ2) is 21.3. The molecule has 32 heavy (non-hydrogen) atoms. The van der Waals surface area contributed by atoms with Gasteiger partial charge in [0, 0.05) is 6.42 Å². The Morgan fingerprint density at radius 2 is 0.906 bits per heavy atom. The van der Waals surface area contributed by atoms with Crippen LogP contribution in [0.1, 0.15) is 96.8 Å². The summed E-state index contributed by atoms with van der Waals surface area (Å²) in [6.45, 7) is 2.26. The van der Waals surface area contributed by atoms with Gasteiger partial charge in [-0.3, -0.25) is 4.79 Å². The zero-order valence-electron chi connectivity index (χ0n) is 19.1. The van der Waals surface area contributed by atoms with Gasteiger partial charge < -0.3 is 5.11 Å². The van der Waals surface area contributed by atoms with Gasteiger partial charge in [0.2, 0.25) is 0 Å². The molecule has 1 fully saturated rings. The molecule has 0 saturated heterocycles. The molecule has 8 heteroatoms. The van der Waals surface area contributed by atoms with Gasteiger partial charge >= 0.3 is 5.97 Å². The fraction of sp³-hybridized carbons (Fsp3) is 0.875. The van der Waals surface area contributed by atoms with Crippen LogP contribution in [-0.4, -0.2) is 43.3 Å². The lowest BCUT2D eigenvalue weighted by Crippen LogP contribution is -2.52. The van der Waals surface area contributed by atoms with Crippen molar-refractivity contribution >= 4 is 75.6 Å². The molecule has 0 aromatic rings. The number of alkyl halides is 6. The molecule has 1 saturated carbocycles. The number of rotatable bonds is 15. The van der Waals surface area contributed by atoms with Crippen LogP contribution in [0, 0.1) is 0 Å². The molecule has 0 aromatic heterocycles. The molecular weight excluding hydrogens is 533 g/mol. The highest BCUT2D eigenvalue weighted by Crippen LogP contribution is 2.39. The number of carboxylic acids is 1. The molecule has 0 spiro atoms. The molecule has 190 valence electrons. The summed E-state index contributed by atoms with van der Waals surface area (Å²) < 4.78 is 0. The van der Waals surface area contributed by atoms with Crippen LogP contribution in [-0.2, 0) is 4.79 Å². The Kier molecular flexibility index (Phi) is 21.9. The summed E-state index contributed by atoms with van der Waals surface area (Å²) in [7, 11) is 0. The van der Waals surface area contributed by atoms with Crippen molar-refractivity contribution in [2.45, 2.75) is 129 Å². The Balaban J connectivity index is 0.000000677. The third-order valence-electron chi connectivity index (χ3n) is 5.48. The van der Waals surface area contributed by atoms with Gasteiger partial charge in [-0.05, 0) is 32.1 Å². The second-order valence-corrected chi connectivity index (χ2v) is 11.4. The number of hydrogen-bond acceptors (Lipinski definition) is 1. The first-order valence-corrected chi connectivity index (χ1v) is 14.6. The number of hydrogen-bond donors (Lipinski definition) is 1. The fourth-order valence-electron chi connectivity index (χ4n) is 3.40. The van der Waals surface area contributed by atoms with E-state index in [0.29, 0.717) is 6.42 Å². The molecule has 0 amide bonds. The van der Waals surface area contributed by atoms with Gasteiger partial charge in [-0.2, -0.15) is 0 Å². The third kappa shape index (κ3) is 15.8. The summed E-state index contributed by atoms with van der Waals surface area (Å²) in [5.41, 5.74) is 0. The normalized spacial score (nSPS) is 27.8. The molecule has 0 atom stereocenters. The smallest absolute Gasteiger partial charge is 0.303 e. The zero-order valence-corrected chi connectivity index (χ0v) is 23.7. The van der Waals surface area contributed by atoms with Crippen molar-refractivity contribution in [3.05, 3.63) is 12.2 Å². The SMILES string of the molecule is CCCCCCCC/C=C\CCCCCCCC(=O)O.ClC1C(Cl)C(Cl)C(Cl)C(Cl)C1Cl. The molecular formula is C24H40Cl6O2. The van der Waals surface area contributed by atoms with E-state index in [1.807, 2.05) is 0 Å². The highest BCUT2D eigenvalue weighted by molar-refractivity contribution is 6.45. The van der Waals surface area contributed by atoms with Gasteiger partial charge in [0.15, 0.2) is 0 Å². The maximum absolute atomic E-state index is 10.3. The lowest BCUT2D eigenvalue weighted by Gasteiger charge is -2.37. The number of allylic oxidation sites excluding steroid dienone is 2. The molecule has 1 rings (SSSR count). The summed E-state index contributed by atoms with van der Waals surface area (Å²) in [5.74, 6) is -0.664. The van der Waals surface area contributed by atoms with Crippen molar-refractivity contribution in [2.75, 3.05) is 0 Å². The highest BCUT2D eigenvalue weighted by Gasteiger charge is 2.46. The molecule has 0 unspecified atom stereocenters. The zero-order chi connectivity index (χ0) is 24.4. The molecule has 1 aliphatic carbocycles. The van der Waals surface area contributed by atoms with E-state index in [9.17, 15) is 4.79 Å². The first-order chi connectivity index (χ1) is 15.2. The van der Waals surface area contributed by atoms with Crippen LogP contribution in [0.3, 0.4) is 0 Å². The van der Waals surface area contributed by atoms with Crippen LogP contribution in [0.15, 0.2) is 12.2 Å². The van der Waals surface area contributed by atoms with Crippen LogP contribution in [0.5, 0.6) is 0 Å². The van der Waals surface area contributed by atoms with Crippen LogP contribution < -0.4 is 0 Å². The number of carboxylic acid groups (broad SMARTS) is 1. The van der Waals surface area contributed by atoms with E-state index < -0.39 is 38.2 Å². The summed E-state index contributed by atoms with van der Waals surface area (Å²) in [6, 6.07) is 0. The van der Waals surface area contributed by atoms with Gasteiger partial charge in [-0.15, -0.1) is 69.6 Å². The van der Waals surface area contributed by atoms with Crippen molar-refractivity contribution < 1.29 is 9.90 Å². The number of carbonyl (C=O) groups is 1. The Morgan fingerprint density at radius 3 is 1.25 bits per heavy atom. The molecule has 1 N–H and O–H groups in total. The van der Waals surface area contributed by atoms with Gasteiger partial charge in [-0.25, -0.2) is 0 Å². The van der Waals surface area contributed by atoms with E-state index >= 15 is 0 Å². The molecule has 2 nitrogen and oxygen atoms in total. The minimum Gasteiger partial charge on any atom is -0.481 e. The summed E-state index contributed by atoms with van der Waals surface area (Å²) in [4.78, 5) is 10.3. The molecule has 0 bridgehead atoms. The largest absolute Gasteiger partial charge is 0.481 e. The Bertz CT molecular complexity index is 433. The van der Waals surface area contributed by atoms with Crippen molar-refractivity contribution in [1.82, 2.24) is 0 Å². The molecule has 0 radical (unpaired) electrons. The summed E-state index contributed by atoms with van der Waals surface area (Å²) >= 11 is 35.3. The summed E-state index contributed by atoms with van der Waals surface area (Å²) in [5, 5.41) is 5.89. The Labute approximate surface area is 225 Å². The van der Waals surface area contributed by atoms with Crippen LogP contribution in [0.4, 0.5) is 0 Å². The first kappa shape index (κ1) is 33.0. The van der Waals surface area contributed by atoms with E-state index in [4.69, 9.17) is 74.7 Å². The Morgan fingerprint density at radius 1 is 0.594 bits per heavy atom. The number of halogens is 6. The van der Waals surface area contributed by atoms with Gasteiger partial charge in [0.1, 0.15) is 0 Å². The average molecular weight is 573 g/mol. The van der Waals surface area contributed by atoms with Crippen LogP contribution in [0.2, 0.25) is 0 Å². The quantitative estimate of drug-likeness (QED) is 0.120. The van der Waals surface area contributed by atoms with E-state index in [1.54, 1.807) is 0 Å². The predicted octanol–water partition coefficient (Wildman–Crippen LogP) is 9.75. The lowest BCUT2D eigenvalue weighted by molar-refractivity contribution is -0.137. The first-order valence-electron chi connectivity index (χ1n) is 11.9. The standard InChI is InChI=1S/C18H34O2.C6H6Cl6/c1-2-3-4-5-6-7-8-9-10-11-12-13-14-15-16-17-18(19)20;7-1-2(8)4(10)6(12)5(11)3(1)9/h9-10H,2-8,11-17H2,1H3,(H,19,20);1-6H/b10-9-;. The molecule has 0 aliphatic heterocycles. The van der Waals surface area contributed by atoms with Crippen LogP contribution >= 0.6 is 69.6 Å². The van der Waals surface area contributed by atoms with E-state index in [2.05, 4.69) is 19.1 Å². The maximum Gasteiger partial charge on any atom is 0.303 e. The van der Waals surface area contributed by atoms with Crippen molar-refractivity contribution in [2.24, 2.45) is 0 Å². The molecule has 0 heterocycles. The molecule has 1 aliphatic rings. The maximum atomic E-state index is 10.3. The van der Waals surface area contributed by atoms with Crippen LogP contribution in [0.25, 0.3) is 0 Å². The monoisotopic (exact) mass is 570 g/mol. The minimum atomic E-state index is -0.664.